The van der Waals surface area contributed by atoms with Gasteiger partial charge in [0.05, 0.1) is 18.1 Å². The predicted molar refractivity (Wildman–Crippen MR) is 116 cm³/mol. The van der Waals surface area contributed by atoms with E-state index in [2.05, 4.69) is 81.7 Å². The summed E-state index contributed by atoms with van der Waals surface area (Å²) in [7, 11) is 2.18. The highest BCUT2D eigenvalue weighted by Crippen LogP contribution is 2.28. The van der Waals surface area contributed by atoms with Gasteiger partial charge in [0.2, 0.25) is 0 Å². The van der Waals surface area contributed by atoms with Crippen LogP contribution < -0.4 is 0 Å². The molecule has 1 aliphatic rings. The molecule has 1 atom stereocenters. The molecule has 5 rings (SSSR count). The molecule has 7 heteroatoms. The third-order valence-electron chi connectivity index (χ3n) is 5.72. The number of nitrogens with zero attached hydrogens (tertiary/aromatic N) is 6. The number of aryl methyl sites for hydroxylation is 1. The van der Waals surface area contributed by atoms with Crippen LogP contribution in [0.3, 0.4) is 0 Å². The quantitative estimate of drug-likeness (QED) is 0.520. The van der Waals surface area contributed by atoms with E-state index in [0.717, 1.165) is 43.0 Å². The zero-order valence-corrected chi connectivity index (χ0v) is 17.5. The Morgan fingerprint density at radius 2 is 1.90 bits per heavy atom. The molecule has 0 spiro atoms. The van der Waals surface area contributed by atoms with Crippen LogP contribution in [0.2, 0.25) is 0 Å². The van der Waals surface area contributed by atoms with E-state index in [0.29, 0.717) is 0 Å². The Morgan fingerprint density at radius 3 is 2.69 bits per heavy atom. The number of thiazole rings is 1. The number of rotatable bonds is 4. The van der Waals surface area contributed by atoms with Crippen molar-refractivity contribution in [3.8, 4) is 11.1 Å². The Bertz CT molecular complexity index is 1100. The van der Waals surface area contributed by atoms with Crippen LogP contribution in [-0.2, 0) is 6.54 Å². The molecule has 3 aromatic heterocycles. The Kier molecular flexibility index (Phi) is 4.87. The van der Waals surface area contributed by atoms with Gasteiger partial charge in [0.15, 0.2) is 0 Å². The van der Waals surface area contributed by atoms with Crippen molar-refractivity contribution in [1.29, 1.82) is 0 Å². The summed E-state index contributed by atoms with van der Waals surface area (Å²) >= 11 is 1.72. The van der Waals surface area contributed by atoms with Crippen molar-refractivity contribution in [2.24, 2.45) is 0 Å². The van der Waals surface area contributed by atoms with Crippen molar-refractivity contribution >= 4 is 16.9 Å². The lowest BCUT2D eigenvalue weighted by Gasteiger charge is -2.38. The average molecular weight is 405 g/mol. The number of piperazine rings is 1. The molecule has 0 N–H and O–H groups in total. The summed E-state index contributed by atoms with van der Waals surface area (Å²) in [6, 6.07) is 13.1. The Morgan fingerprint density at radius 1 is 1.07 bits per heavy atom. The lowest BCUT2D eigenvalue weighted by atomic mass is 10.0. The summed E-state index contributed by atoms with van der Waals surface area (Å²) in [5.41, 5.74) is 5.73. The molecule has 0 aliphatic carbocycles. The van der Waals surface area contributed by atoms with Gasteiger partial charge in [-0.2, -0.15) is 0 Å². The van der Waals surface area contributed by atoms with Crippen LogP contribution in [0.5, 0.6) is 0 Å². The third kappa shape index (κ3) is 3.69. The molecular weight excluding hydrogens is 380 g/mol. The van der Waals surface area contributed by atoms with E-state index < -0.39 is 0 Å². The largest absolute Gasteiger partial charge is 0.295 e. The number of hydrogen-bond donors (Lipinski definition) is 0. The van der Waals surface area contributed by atoms with Crippen molar-refractivity contribution in [2.45, 2.75) is 19.5 Å². The summed E-state index contributed by atoms with van der Waals surface area (Å²) in [4.78, 5) is 9.29. The van der Waals surface area contributed by atoms with Crippen LogP contribution >= 0.6 is 11.3 Å². The average Bonchev–Trinajstić information content (AvgIpc) is 3.39. The Hall–Kier alpha value is -2.61. The van der Waals surface area contributed by atoms with Gasteiger partial charge in [-0.05, 0) is 25.6 Å². The fraction of sp³-hybridized carbons (Fsp3) is 0.318. The van der Waals surface area contributed by atoms with E-state index in [1.807, 2.05) is 16.1 Å². The standard InChI is InChI=1S/C22H24N6S/c1-16-3-5-17(6-4-16)18-7-8-19-22(24-25-28(19)13-18)20-14-27(11-10-26(20)2)15-21-23-9-12-29-21/h3-9,12-13,20H,10-11,14-15H2,1-2H3/t20-/m0/s1. The normalized spacial score (nSPS) is 18.5. The summed E-state index contributed by atoms with van der Waals surface area (Å²) in [6.07, 6.45) is 3.96. The highest BCUT2D eigenvalue weighted by Gasteiger charge is 2.29. The maximum Gasteiger partial charge on any atom is 0.109 e. The molecule has 0 unspecified atom stereocenters. The van der Waals surface area contributed by atoms with E-state index in [1.165, 1.54) is 16.1 Å². The summed E-state index contributed by atoms with van der Waals surface area (Å²) in [5.74, 6) is 0. The van der Waals surface area contributed by atoms with Crippen molar-refractivity contribution in [2.75, 3.05) is 26.7 Å². The van der Waals surface area contributed by atoms with Gasteiger partial charge in [-0.15, -0.1) is 16.4 Å². The minimum atomic E-state index is 0.228. The summed E-state index contributed by atoms with van der Waals surface area (Å²) in [6.45, 7) is 6.00. The zero-order valence-electron chi connectivity index (χ0n) is 16.7. The van der Waals surface area contributed by atoms with Crippen LogP contribution in [0.4, 0.5) is 0 Å². The van der Waals surface area contributed by atoms with E-state index in [1.54, 1.807) is 11.3 Å². The SMILES string of the molecule is Cc1ccc(-c2ccc3c([C@@H]4CN(Cc5nccs5)CCN4C)nnn3c2)cc1. The molecule has 0 radical (unpaired) electrons. The second kappa shape index (κ2) is 7.67. The minimum Gasteiger partial charge on any atom is -0.295 e. The van der Waals surface area contributed by atoms with E-state index >= 15 is 0 Å². The van der Waals surface area contributed by atoms with E-state index in [-0.39, 0.29) is 6.04 Å². The van der Waals surface area contributed by atoms with Crippen molar-refractivity contribution < 1.29 is 0 Å². The van der Waals surface area contributed by atoms with Crippen LogP contribution in [0.1, 0.15) is 22.3 Å². The molecule has 0 bridgehead atoms. The molecule has 1 aromatic carbocycles. The number of hydrogen-bond acceptors (Lipinski definition) is 6. The minimum absolute atomic E-state index is 0.228. The second-order valence-corrected chi connectivity index (χ2v) is 8.72. The van der Waals surface area contributed by atoms with Crippen LogP contribution in [-0.4, -0.2) is 56.3 Å². The molecule has 4 aromatic rings. The van der Waals surface area contributed by atoms with Crippen LogP contribution in [0.15, 0.2) is 54.2 Å². The van der Waals surface area contributed by atoms with Crippen LogP contribution in [0, 0.1) is 6.92 Å². The molecule has 6 nitrogen and oxygen atoms in total. The first-order chi connectivity index (χ1) is 14.2. The smallest absolute Gasteiger partial charge is 0.109 e. The maximum atomic E-state index is 4.58. The van der Waals surface area contributed by atoms with Crippen molar-refractivity contribution in [3.63, 3.8) is 0 Å². The van der Waals surface area contributed by atoms with Gasteiger partial charge < -0.3 is 0 Å². The monoisotopic (exact) mass is 404 g/mol. The van der Waals surface area contributed by atoms with E-state index in [4.69, 9.17) is 0 Å². The highest BCUT2D eigenvalue weighted by molar-refractivity contribution is 7.09. The predicted octanol–water partition coefficient (Wildman–Crippen LogP) is 3.65. The summed E-state index contributed by atoms with van der Waals surface area (Å²) < 4.78 is 1.91. The van der Waals surface area contributed by atoms with Gasteiger partial charge in [0.25, 0.3) is 0 Å². The first kappa shape index (κ1) is 18.4. The van der Waals surface area contributed by atoms with Crippen molar-refractivity contribution in [3.05, 3.63) is 70.4 Å². The first-order valence-electron chi connectivity index (χ1n) is 9.90. The molecule has 1 saturated heterocycles. The Labute approximate surface area is 174 Å². The lowest BCUT2D eigenvalue weighted by molar-refractivity contribution is 0.0889. The lowest BCUT2D eigenvalue weighted by Crippen LogP contribution is -2.46. The van der Waals surface area contributed by atoms with Gasteiger partial charge in [0, 0.05) is 43.0 Å². The molecule has 4 heterocycles. The van der Waals surface area contributed by atoms with Gasteiger partial charge >= 0.3 is 0 Å². The zero-order chi connectivity index (χ0) is 19.8. The maximum absolute atomic E-state index is 4.58. The number of benzene rings is 1. The van der Waals surface area contributed by atoms with Crippen LogP contribution in [0.25, 0.3) is 16.6 Å². The molecule has 0 saturated carbocycles. The molecule has 148 valence electrons. The second-order valence-electron chi connectivity index (χ2n) is 7.75. The fourth-order valence-electron chi connectivity index (χ4n) is 3.96. The van der Waals surface area contributed by atoms with Gasteiger partial charge in [-0.1, -0.05) is 41.1 Å². The third-order valence-corrected chi connectivity index (χ3v) is 6.48. The van der Waals surface area contributed by atoms with Gasteiger partial charge in [-0.3, -0.25) is 9.80 Å². The molecule has 29 heavy (non-hydrogen) atoms. The number of pyridine rings is 1. The van der Waals surface area contributed by atoms with Crippen molar-refractivity contribution in [1.82, 2.24) is 29.6 Å². The van der Waals surface area contributed by atoms with E-state index in [9.17, 15) is 0 Å². The molecule has 0 amide bonds. The van der Waals surface area contributed by atoms with Gasteiger partial charge in [-0.25, -0.2) is 9.50 Å². The summed E-state index contributed by atoms with van der Waals surface area (Å²) in [5, 5.41) is 12.2. The Balaban J connectivity index is 1.42. The number of fused-ring (bicyclic) bond motifs is 1. The molecular formula is C22H24N6S. The number of aromatic nitrogens is 4. The highest BCUT2D eigenvalue weighted by atomic mass is 32.1. The van der Waals surface area contributed by atoms with Gasteiger partial charge in [0.1, 0.15) is 10.7 Å². The first-order valence-corrected chi connectivity index (χ1v) is 10.8. The fourth-order valence-corrected chi connectivity index (χ4v) is 4.62. The number of likely N-dealkylation sites (N-methyl/N-ethyl adjacent to an activating group) is 1. The molecule has 1 fully saturated rings. The topological polar surface area (TPSA) is 49.6 Å². The molecule has 1 aliphatic heterocycles.